The molecule has 0 bridgehead atoms. The minimum absolute atomic E-state index is 0.0600. The molecule has 2 saturated heterocycles. The van der Waals surface area contributed by atoms with E-state index in [1.807, 2.05) is 12.1 Å². The lowest BCUT2D eigenvalue weighted by Gasteiger charge is -2.27. The third-order valence-corrected chi connectivity index (χ3v) is 8.08. The number of carbonyl (C=O) groups excluding carboxylic acids is 3. The molecule has 1 aromatic heterocycles. The molecule has 0 aliphatic carbocycles. The van der Waals surface area contributed by atoms with E-state index in [0.717, 1.165) is 18.5 Å². The van der Waals surface area contributed by atoms with E-state index < -0.39 is 21.8 Å². The molecule has 192 valence electrons. The van der Waals surface area contributed by atoms with Gasteiger partial charge in [0.25, 0.3) is 5.91 Å². The van der Waals surface area contributed by atoms with E-state index in [0.29, 0.717) is 35.4 Å². The molecule has 1 atom stereocenters. The summed E-state index contributed by atoms with van der Waals surface area (Å²) in [6.45, 7) is 0.899. The van der Waals surface area contributed by atoms with Crippen LogP contribution in [0.3, 0.4) is 0 Å². The van der Waals surface area contributed by atoms with E-state index in [1.54, 1.807) is 46.2 Å². The van der Waals surface area contributed by atoms with Crippen molar-refractivity contribution in [3.8, 4) is 0 Å². The fourth-order valence-electron chi connectivity index (χ4n) is 4.87. The molecule has 2 aliphatic heterocycles. The number of nitrogen functional groups attached to an aromatic ring is 1. The van der Waals surface area contributed by atoms with Gasteiger partial charge in [-0.25, -0.2) is 18.1 Å². The molecule has 2 fully saturated rings. The number of rotatable bonds is 6. The zero-order chi connectivity index (χ0) is 26.2. The first-order valence-electron chi connectivity index (χ1n) is 12.1. The molecule has 0 radical (unpaired) electrons. The summed E-state index contributed by atoms with van der Waals surface area (Å²) in [6.07, 6.45) is 2.45. The van der Waals surface area contributed by atoms with Gasteiger partial charge in [-0.1, -0.05) is 0 Å². The van der Waals surface area contributed by atoms with Crippen LogP contribution in [0.4, 0.5) is 17.2 Å². The third-order valence-electron chi connectivity index (χ3n) is 6.68. The van der Waals surface area contributed by atoms with Crippen LogP contribution < -0.4 is 20.3 Å². The second kappa shape index (κ2) is 9.81. The van der Waals surface area contributed by atoms with Crippen LogP contribution >= 0.6 is 0 Å². The molecule has 11 heteroatoms. The van der Waals surface area contributed by atoms with Crippen LogP contribution in [-0.2, 0) is 19.6 Å². The van der Waals surface area contributed by atoms with E-state index in [4.69, 9.17) is 5.73 Å². The Labute approximate surface area is 214 Å². The number of nitrogens with zero attached hydrogens (tertiary/aromatic N) is 3. The number of fused-ring (bicyclic) bond motifs is 1. The topological polar surface area (TPSA) is 143 Å². The Balaban J connectivity index is 1.22. The van der Waals surface area contributed by atoms with Crippen LogP contribution in [0.25, 0.3) is 10.9 Å². The predicted molar refractivity (Wildman–Crippen MR) is 141 cm³/mol. The van der Waals surface area contributed by atoms with Crippen LogP contribution in [0, 0.1) is 5.92 Å². The number of hydrogen-bond donors (Lipinski definition) is 2. The van der Waals surface area contributed by atoms with Gasteiger partial charge in [0, 0.05) is 54.2 Å². The van der Waals surface area contributed by atoms with Crippen molar-refractivity contribution >= 4 is 55.8 Å². The van der Waals surface area contributed by atoms with Gasteiger partial charge in [-0.2, -0.15) is 0 Å². The van der Waals surface area contributed by atoms with Crippen molar-refractivity contribution in [2.24, 2.45) is 5.92 Å². The molecule has 3 heterocycles. The smallest absolute Gasteiger partial charge is 0.264 e. The van der Waals surface area contributed by atoms with Crippen molar-refractivity contribution in [3.05, 3.63) is 60.2 Å². The van der Waals surface area contributed by atoms with Gasteiger partial charge in [-0.05, 0) is 67.4 Å². The molecule has 10 nitrogen and oxygen atoms in total. The number of anilines is 3. The third kappa shape index (κ3) is 5.41. The summed E-state index contributed by atoms with van der Waals surface area (Å²) in [6, 6.07) is 15.1. The van der Waals surface area contributed by atoms with E-state index in [1.165, 1.54) is 6.07 Å². The molecule has 0 saturated carbocycles. The van der Waals surface area contributed by atoms with Crippen LogP contribution in [-0.4, -0.2) is 50.0 Å². The Bertz CT molecular complexity index is 1490. The molecular weight excluding hydrogens is 494 g/mol. The van der Waals surface area contributed by atoms with Crippen molar-refractivity contribution in [1.82, 2.24) is 9.71 Å². The Morgan fingerprint density at radius 2 is 1.70 bits per heavy atom. The maximum absolute atomic E-state index is 12.8. The number of pyridine rings is 1. The number of nitrogens with one attached hydrogen (secondary N) is 1. The molecule has 3 N–H and O–H groups in total. The summed E-state index contributed by atoms with van der Waals surface area (Å²) in [7, 11) is -3.99. The Morgan fingerprint density at radius 3 is 2.43 bits per heavy atom. The number of carbonyl (C=O) groups is 3. The quantitative estimate of drug-likeness (QED) is 0.507. The zero-order valence-electron chi connectivity index (χ0n) is 20.1. The molecule has 5 rings (SSSR count). The highest BCUT2D eigenvalue weighted by Gasteiger charge is 2.34. The number of piperidine rings is 1. The van der Waals surface area contributed by atoms with Crippen molar-refractivity contribution in [3.63, 3.8) is 0 Å². The largest absolute Gasteiger partial charge is 0.384 e. The molecule has 3 amide bonds. The summed E-state index contributed by atoms with van der Waals surface area (Å²) in [5.74, 6) is -1.32. The van der Waals surface area contributed by atoms with Crippen LogP contribution in [0.5, 0.6) is 0 Å². The molecular formula is C26H27N5O5S. The van der Waals surface area contributed by atoms with Crippen molar-refractivity contribution < 1.29 is 22.8 Å². The Morgan fingerprint density at radius 1 is 0.973 bits per heavy atom. The van der Waals surface area contributed by atoms with Gasteiger partial charge in [0.05, 0.1) is 11.3 Å². The standard InChI is InChI=1S/C26H27N5O5S/c27-23-11-5-18-14-19(4-10-22(18)28-23)26(34)29-37(35,36)16-17-13-25(33)31(15-17)21-8-6-20(7-9-21)30-12-2-1-3-24(30)32/h4-11,14,17H,1-3,12-13,15-16H2,(H2,27,28)(H,29,34). The first kappa shape index (κ1) is 24.7. The first-order chi connectivity index (χ1) is 17.7. The molecule has 0 spiro atoms. The van der Waals surface area contributed by atoms with E-state index in [9.17, 15) is 22.8 Å². The average molecular weight is 522 g/mol. The number of benzene rings is 2. The number of aromatic nitrogens is 1. The second-order valence-electron chi connectivity index (χ2n) is 9.45. The number of hydrogen-bond acceptors (Lipinski definition) is 7. The zero-order valence-corrected chi connectivity index (χ0v) is 20.9. The lowest BCUT2D eigenvalue weighted by Crippen LogP contribution is -2.35. The molecule has 37 heavy (non-hydrogen) atoms. The SMILES string of the molecule is Nc1ccc2cc(C(=O)NS(=O)(=O)CC3CC(=O)N(c4ccc(N5CCCCC5=O)cc4)C3)ccc2n1. The van der Waals surface area contributed by atoms with E-state index >= 15 is 0 Å². The molecule has 2 aliphatic rings. The first-order valence-corrected chi connectivity index (χ1v) is 13.8. The minimum atomic E-state index is -3.99. The van der Waals surface area contributed by atoms with Crippen molar-refractivity contribution in [2.75, 3.05) is 34.4 Å². The van der Waals surface area contributed by atoms with Crippen LogP contribution in [0.1, 0.15) is 36.0 Å². The number of amides is 3. The highest BCUT2D eigenvalue weighted by atomic mass is 32.2. The normalized spacial score (nSPS) is 18.4. The summed E-state index contributed by atoms with van der Waals surface area (Å²) in [5.41, 5.74) is 7.88. The molecule has 1 unspecified atom stereocenters. The van der Waals surface area contributed by atoms with Gasteiger partial charge >= 0.3 is 0 Å². The van der Waals surface area contributed by atoms with Gasteiger partial charge in [0.1, 0.15) is 5.82 Å². The average Bonchev–Trinajstić information content (AvgIpc) is 3.22. The molecule has 3 aromatic rings. The summed E-state index contributed by atoms with van der Waals surface area (Å²) in [5, 5.41) is 0.659. The van der Waals surface area contributed by atoms with Gasteiger partial charge < -0.3 is 15.5 Å². The summed E-state index contributed by atoms with van der Waals surface area (Å²) in [4.78, 5) is 44.9. The Hall–Kier alpha value is -3.99. The van der Waals surface area contributed by atoms with Gasteiger partial charge in [0.15, 0.2) is 0 Å². The lowest BCUT2D eigenvalue weighted by molar-refractivity contribution is -0.119. The van der Waals surface area contributed by atoms with E-state index in [-0.39, 0.29) is 36.1 Å². The van der Waals surface area contributed by atoms with E-state index in [2.05, 4.69) is 9.71 Å². The number of nitrogens with two attached hydrogens (primary N) is 1. The van der Waals surface area contributed by atoms with Crippen LogP contribution in [0.15, 0.2) is 54.6 Å². The monoisotopic (exact) mass is 521 g/mol. The summed E-state index contributed by atoms with van der Waals surface area (Å²) >= 11 is 0. The maximum Gasteiger partial charge on any atom is 0.264 e. The van der Waals surface area contributed by atoms with Gasteiger partial charge in [-0.3, -0.25) is 14.4 Å². The fraction of sp³-hybridized carbons (Fsp3) is 0.308. The van der Waals surface area contributed by atoms with Gasteiger partial charge in [-0.15, -0.1) is 0 Å². The van der Waals surface area contributed by atoms with Crippen LogP contribution in [0.2, 0.25) is 0 Å². The summed E-state index contributed by atoms with van der Waals surface area (Å²) < 4.78 is 27.6. The lowest BCUT2D eigenvalue weighted by atomic mass is 10.1. The Kier molecular flexibility index (Phi) is 6.55. The predicted octanol–water partition coefficient (Wildman–Crippen LogP) is 2.45. The van der Waals surface area contributed by atoms with Crippen molar-refractivity contribution in [2.45, 2.75) is 25.7 Å². The maximum atomic E-state index is 12.8. The highest BCUT2D eigenvalue weighted by Crippen LogP contribution is 2.29. The number of sulfonamides is 1. The van der Waals surface area contributed by atoms with Crippen molar-refractivity contribution in [1.29, 1.82) is 0 Å². The van der Waals surface area contributed by atoms with Gasteiger partial charge in [0.2, 0.25) is 21.8 Å². The highest BCUT2D eigenvalue weighted by molar-refractivity contribution is 7.90. The molecule has 2 aromatic carbocycles. The second-order valence-corrected chi connectivity index (χ2v) is 11.2. The fourth-order valence-corrected chi connectivity index (χ4v) is 6.20. The minimum Gasteiger partial charge on any atom is -0.384 e.